The normalized spacial score (nSPS) is 28.3. The SMILES string of the molecule is O=C1CCC(N2C(=O)C3(CC3)c3cc(N4CCN(CC5(F)CCNCC5)CC4)ccc32)C(=O)N1. The number of nitrogens with zero attached hydrogens (tertiary/aromatic N) is 3. The number of fused-ring (bicyclic) bond motifs is 2. The molecule has 3 saturated heterocycles. The zero-order valence-electron chi connectivity index (χ0n) is 19.4. The largest absolute Gasteiger partial charge is 0.369 e. The number of piperidine rings is 2. The minimum atomic E-state index is -1.08. The number of carbonyl (C=O) groups excluding carboxylic acids is 3. The van der Waals surface area contributed by atoms with Gasteiger partial charge in [0.05, 0.1) is 5.41 Å². The first-order chi connectivity index (χ1) is 16.4. The standard InChI is InChI=1S/C25H32FN5O3/c26-24(7-9-27-10-8-24)16-29-11-13-30(14-12-29)17-1-2-19-18(15-17)25(5-6-25)23(34)31(19)20-3-4-21(32)28-22(20)33/h1-2,15,20,27H,3-14,16H2,(H,28,32,33). The lowest BCUT2D eigenvalue weighted by atomic mass is 9.93. The molecule has 1 atom stereocenters. The summed E-state index contributed by atoms with van der Waals surface area (Å²) in [4.78, 5) is 43.8. The van der Waals surface area contributed by atoms with Gasteiger partial charge in [0.25, 0.3) is 0 Å². The lowest BCUT2D eigenvalue weighted by molar-refractivity contribution is -0.135. The van der Waals surface area contributed by atoms with Gasteiger partial charge in [-0.1, -0.05) is 0 Å². The summed E-state index contributed by atoms with van der Waals surface area (Å²) in [5.41, 5.74) is 1.31. The Balaban J connectivity index is 1.18. The molecule has 9 heteroatoms. The zero-order valence-corrected chi connectivity index (χ0v) is 19.4. The van der Waals surface area contributed by atoms with Crippen LogP contribution >= 0.6 is 0 Å². The van der Waals surface area contributed by atoms with Crippen LogP contribution in [0.3, 0.4) is 0 Å². The number of anilines is 2. The van der Waals surface area contributed by atoms with Gasteiger partial charge in [0.2, 0.25) is 17.7 Å². The second kappa shape index (κ2) is 8.02. The summed E-state index contributed by atoms with van der Waals surface area (Å²) in [6.45, 7) is 5.30. The predicted molar refractivity (Wildman–Crippen MR) is 126 cm³/mol. The maximum Gasteiger partial charge on any atom is 0.249 e. The average Bonchev–Trinajstić information content (AvgIpc) is 3.59. The van der Waals surface area contributed by atoms with Gasteiger partial charge in [-0.3, -0.25) is 29.5 Å². The molecule has 0 bridgehead atoms. The first-order valence-corrected chi connectivity index (χ1v) is 12.6. The highest BCUT2D eigenvalue weighted by molar-refractivity contribution is 6.15. The molecule has 1 unspecified atom stereocenters. The number of amides is 3. The molecule has 1 spiro atoms. The van der Waals surface area contributed by atoms with Crippen LogP contribution in [-0.2, 0) is 19.8 Å². The van der Waals surface area contributed by atoms with Crippen molar-refractivity contribution < 1.29 is 18.8 Å². The number of nitrogens with one attached hydrogen (secondary N) is 2. The van der Waals surface area contributed by atoms with Crippen molar-refractivity contribution in [2.75, 3.05) is 55.6 Å². The van der Waals surface area contributed by atoms with Gasteiger partial charge in [-0.25, -0.2) is 4.39 Å². The number of imide groups is 1. The van der Waals surface area contributed by atoms with E-state index >= 15 is 4.39 Å². The molecule has 0 radical (unpaired) electrons. The Hall–Kier alpha value is -2.52. The van der Waals surface area contributed by atoms with Crippen LogP contribution in [0.15, 0.2) is 18.2 Å². The fourth-order valence-electron chi connectivity index (χ4n) is 6.21. The minimum Gasteiger partial charge on any atom is -0.369 e. The Morgan fingerprint density at radius 2 is 1.74 bits per heavy atom. The van der Waals surface area contributed by atoms with Crippen LogP contribution in [0, 0.1) is 0 Å². The quantitative estimate of drug-likeness (QED) is 0.643. The first-order valence-electron chi connectivity index (χ1n) is 12.6. The van der Waals surface area contributed by atoms with E-state index in [1.807, 2.05) is 12.1 Å². The van der Waals surface area contributed by atoms with Gasteiger partial charge in [-0.2, -0.15) is 0 Å². The molecule has 4 fully saturated rings. The first kappa shape index (κ1) is 22.0. The number of hydrogen-bond donors (Lipinski definition) is 2. The van der Waals surface area contributed by atoms with Crippen molar-refractivity contribution >= 4 is 29.1 Å². The van der Waals surface area contributed by atoms with Crippen LogP contribution in [0.4, 0.5) is 15.8 Å². The molecule has 4 aliphatic heterocycles. The summed E-state index contributed by atoms with van der Waals surface area (Å²) < 4.78 is 15.1. The molecule has 6 rings (SSSR count). The number of piperazine rings is 1. The minimum absolute atomic E-state index is 0.00539. The van der Waals surface area contributed by atoms with E-state index in [-0.39, 0.29) is 24.1 Å². The Kier molecular flexibility index (Phi) is 5.18. The van der Waals surface area contributed by atoms with Crippen LogP contribution in [0.5, 0.6) is 0 Å². The third kappa shape index (κ3) is 3.60. The third-order valence-electron chi connectivity index (χ3n) is 8.40. The van der Waals surface area contributed by atoms with E-state index in [4.69, 9.17) is 0 Å². The number of halogens is 1. The number of benzene rings is 1. The number of alkyl halides is 1. The smallest absolute Gasteiger partial charge is 0.249 e. The summed E-state index contributed by atoms with van der Waals surface area (Å²) >= 11 is 0. The maximum atomic E-state index is 15.1. The Labute approximate surface area is 198 Å². The van der Waals surface area contributed by atoms with Crippen LogP contribution in [0.1, 0.15) is 44.1 Å². The molecular weight excluding hydrogens is 437 g/mol. The van der Waals surface area contributed by atoms with E-state index < -0.39 is 17.1 Å². The van der Waals surface area contributed by atoms with Crippen LogP contribution < -0.4 is 20.4 Å². The van der Waals surface area contributed by atoms with Crippen LogP contribution in [0.25, 0.3) is 0 Å². The van der Waals surface area contributed by atoms with Crippen molar-refractivity contribution in [2.45, 2.75) is 55.7 Å². The topological polar surface area (TPSA) is 85.0 Å². The van der Waals surface area contributed by atoms with Gasteiger partial charge in [0.1, 0.15) is 11.7 Å². The summed E-state index contributed by atoms with van der Waals surface area (Å²) in [5, 5.41) is 5.63. The van der Waals surface area contributed by atoms with Crippen molar-refractivity contribution in [3.8, 4) is 0 Å². The second-order valence-corrected chi connectivity index (χ2v) is 10.6. The van der Waals surface area contributed by atoms with Gasteiger partial charge in [-0.15, -0.1) is 0 Å². The maximum absolute atomic E-state index is 15.1. The highest BCUT2D eigenvalue weighted by Crippen LogP contribution is 2.58. The van der Waals surface area contributed by atoms with E-state index in [2.05, 4.69) is 26.5 Å². The summed E-state index contributed by atoms with van der Waals surface area (Å²) in [6, 6.07) is 5.51. The van der Waals surface area contributed by atoms with Crippen molar-refractivity contribution in [3.63, 3.8) is 0 Å². The monoisotopic (exact) mass is 469 g/mol. The molecule has 4 heterocycles. The van der Waals surface area contributed by atoms with Crippen molar-refractivity contribution in [1.82, 2.24) is 15.5 Å². The fourth-order valence-corrected chi connectivity index (χ4v) is 6.21. The predicted octanol–water partition coefficient (Wildman–Crippen LogP) is 1.08. The Bertz CT molecular complexity index is 1030. The molecule has 182 valence electrons. The van der Waals surface area contributed by atoms with Gasteiger partial charge in [0.15, 0.2) is 0 Å². The molecule has 1 aromatic rings. The molecule has 2 N–H and O–H groups in total. The van der Waals surface area contributed by atoms with E-state index in [0.717, 1.165) is 69.0 Å². The summed E-state index contributed by atoms with van der Waals surface area (Å²) in [5.74, 6) is -0.662. The summed E-state index contributed by atoms with van der Waals surface area (Å²) in [6.07, 6.45) is 3.37. The lowest BCUT2D eigenvalue weighted by Crippen LogP contribution is -2.54. The highest BCUT2D eigenvalue weighted by atomic mass is 19.1. The fraction of sp³-hybridized carbons (Fsp3) is 0.640. The number of rotatable bonds is 4. The third-order valence-corrected chi connectivity index (χ3v) is 8.40. The van der Waals surface area contributed by atoms with Crippen molar-refractivity contribution in [1.29, 1.82) is 0 Å². The Morgan fingerprint density at radius 3 is 2.41 bits per heavy atom. The van der Waals surface area contributed by atoms with Gasteiger partial charge in [0, 0.05) is 50.5 Å². The molecule has 3 amide bonds. The Morgan fingerprint density at radius 1 is 1.00 bits per heavy atom. The zero-order chi connectivity index (χ0) is 23.5. The molecule has 1 aromatic carbocycles. The van der Waals surface area contributed by atoms with E-state index in [0.29, 0.717) is 25.8 Å². The number of hydrogen-bond acceptors (Lipinski definition) is 6. The van der Waals surface area contributed by atoms with Crippen molar-refractivity contribution in [2.24, 2.45) is 0 Å². The van der Waals surface area contributed by atoms with E-state index in [1.54, 1.807) is 4.90 Å². The van der Waals surface area contributed by atoms with E-state index in [9.17, 15) is 14.4 Å². The number of carbonyl (C=O) groups is 3. The molecule has 0 aromatic heterocycles. The molecule has 34 heavy (non-hydrogen) atoms. The molecule has 5 aliphatic rings. The highest BCUT2D eigenvalue weighted by Gasteiger charge is 2.61. The van der Waals surface area contributed by atoms with Crippen LogP contribution in [0.2, 0.25) is 0 Å². The molecular formula is C25H32FN5O3. The average molecular weight is 470 g/mol. The second-order valence-electron chi connectivity index (χ2n) is 10.6. The van der Waals surface area contributed by atoms with Crippen molar-refractivity contribution in [3.05, 3.63) is 23.8 Å². The molecule has 1 saturated carbocycles. The van der Waals surface area contributed by atoms with Gasteiger partial charge in [-0.05, 0) is 69.0 Å². The molecule has 8 nitrogen and oxygen atoms in total. The van der Waals surface area contributed by atoms with Crippen LogP contribution in [-0.4, -0.2) is 80.1 Å². The van der Waals surface area contributed by atoms with E-state index in [1.165, 1.54) is 0 Å². The van der Waals surface area contributed by atoms with Gasteiger partial charge < -0.3 is 10.2 Å². The van der Waals surface area contributed by atoms with Gasteiger partial charge >= 0.3 is 0 Å². The summed E-state index contributed by atoms with van der Waals surface area (Å²) in [7, 11) is 0. The molecule has 1 aliphatic carbocycles. The lowest BCUT2D eigenvalue weighted by Gasteiger charge is -2.40.